The fourth-order valence-electron chi connectivity index (χ4n) is 1.56. The minimum Gasteiger partial charge on any atom is -0.258 e. The molecule has 3 N–H and O–H groups in total. The fourth-order valence-corrected chi connectivity index (χ4v) is 3.59. The summed E-state index contributed by atoms with van der Waals surface area (Å²) in [7, 11) is 0. The monoisotopic (exact) mass is 477 g/mol. The van der Waals surface area contributed by atoms with Crippen LogP contribution in [0.5, 0.6) is 0 Å². The molecule has 2 rings (SSSR count). The fraction of sp³-hybridized carbons (Fsp3) is 0.0769. The van der Waals surface area contributed by atoms with Gasteiger partial charge in [-0.2, -0.15) is 0 Å². The zero-order valence-electron chi connectivity index (χ0n) is 12.7. The number of rotatable bonds is 4. The van der Waals surface area contributed by atoms with Gasteiger partial charge in [-0.15, -0.1) is 0 Å². The second-order valence-corrected chi connectivity index (χ2v) is 8.87. The first kappa shape index (κ1) is 21.0. The maximum atomic E-state index is 11.4. The molecule has 0 spiro atoms. The van der Waals surface area contributed by atoms with Gasteiger partial charge >= 0.3 is 88.4 Å². The molecule has 0 saturated carbocycles. The van der Waals surface area contributed by atoms with Crippen LogP contribution >= 0.6 is 15.9 Å². The minimum atomic E-state index is -4.92. The third kappa shape index (κ3) is 6.76. The number of hydrogen-bond acceptors (Lipinski definition) is 7. The Kier molecular flexibility index (Phi) is 7.93. The molecule has 134 valence electrons. The number of amides is 1. The molecule has 0 radical (unpaired) electrons. The van der Waals surface area contributed by atoms with E-state index >= 15 is 0 Å². The Labute approximate surface area is 153 Å². The van der Waals surface area contributed by atoms with Gasteiger partial charge < -0.3 is 0 Å². The van der Waals surface area contributed by atoms with Crippen molar-refractivity contribution in [2.45, 2.75) is 6.92 Å². The molecule has 0 aliphatic heterocycles. The summed E-state index contributed by atoms with van der Waals surface area (Å²) in [6.45, 7) is 1.27. The van der Waals surface area contributed by atoms with Gasteiger partial charge in [-0.25, -0.2) is 0 Å². The second kappa shape index (κ2) is 9.44. The van der Waals surface area contributed by atoms with Gasteiger partial charge in [0, 0.05) is 16.7 Å². The number of para-hydroxylation sites is 1. The summed E-state index contributed by atoms with van der Waals surface area (Å²) in [5, 5.41) is 20.8. The van der Waals surface area contributed by atoms with Crippen LogP contribution in [0.1, 0.15) is 6.92 Å². The molecular weight excluding hydrogens is 465 g/mol. The van der Waals surface area contributed by atoms with Gasteiger partial charge in [0.25, 0.3) is 5.69 Å². The van der Waals surface area contributed by atoms with Crippen LogP contribution in [0.25, 0.3) is 0 Å². The average Bonchev–Trinajstić information content (AvgIpc) is 2.55. The van der Waals surface area contributed by atoms with Crippen molar-refractivity contribution in [3.05, 3.63) is 57.3 Å². The van der Waals surface area contributed by atoms with Crippen molar-refractivity contribution < 1.29 is 26.7 Å². The van der Waals surface area contributed by atoms with Gasteiger partial charge in [-0.3, -0.25) is 15.1 Å². The number of benzene rings is 1. The summed E-state index contributed by atoms with van der Waals surface area (Å²) in [5.74, 6) is -0.379. The molecule has 1 aromatic heterocycles. The van der Waals surface area contributed by atoms with Crippen LogP contribution in [-0.4, -0.2) is 39.3 Å². The second-order valence-electron chi connectivity index (χ2n) is 4.42. The molecular formula is C13H13AsBrN3O7. The largest absolute Gasteiger partial charge is 0.288 e. The summed E-state index contributed by atoms with van der Waals surface area (Å²) in [6.07, 6.45) is 2.69. The Balaban J connectivity index is 0.000000271. The van der Waals surface area contributed by atoms with E-state index in [0.29, 0.717) is 4.47 Å². The van der Waals surface area contributed by atoms with Gasteiger partial charge in [0.15, 0.2) is 0 Å². The molecule has 0 aliphatic rings. The van der Waals surface area contributed by atoms with Gasteiger partial charge in [0.05, 0.1) is 4.92 Å². The van der Waals surface area contributed by atoms with Crippen LogP contribution in [0.4, 0.5) is 11.4 Å². The van der Waals surface area contributed by atoms with E-state index in [9.17, 15) is 22.7 Å². The molecule has 0 fully saturated rings. The molecule has 0 aliphatic carbocycles. The number of pyridine rings is 1. The number of nitrogens with one attached hydrogen (secondary N) is 1. The molecule has 1 aromatic carbocycles. The van der Waals surface area contributed by atoms with E-state index in [1.807, 2.05) is 0 Å². The van der Waals surface area contributed by atoms with Crippen LogP contribution in [0, 0.1) is 10.1 Å². The van der Waals surface area contributed by atoms with E-state index in [1.54, 1.807) is 6.07 Å². The van der Waals surface area contributed by atoms with Crippen molar-refractivity contribution in [1.82, 2.24) is 4.98 Å². The number of nitro groups is 1. The first-order chi connectivity index (χ1) is 11.7. The van der Waals surface area contributed by atoms with Crippen LogP contribution < -0.4 is 9.67 Å². The molecule has 1 amide bonds. The zero-order valence-corrected chi connectivity index (χ0v) is 16.2. The molecule has 1 atom stereocenters. The number of anilines is 1. The van der Waals surface area contributed by atoms with Crippen molar-refractivity contribution in [2.75, 3.05) is 5.32 Å². The molecule has 10 nitrogen and oxygen atoms in total. The molecule has 12 heteroatoms. The van der Waals surface area contributed by atoms with Crippen molar-refractivity contribution in [1.29, 1.82) is 0 Å². The standard InChI is InChI=1S/C8H10AsNO5.C5H3BrN2O2/c1-6(11)10-8-5-3-2-4-7(8)9(12,13)15-14;6-4-1-5(8(9)10)3-7-2-4/h2-5,14H,1H3,(H,10,11)(H,12,13);1-3H. The Morgan fingerprint density at radius 3 is 2.52 bits per heavy atom. The van der Waals surface area contributed by atoms with Crippen LogP contribution in [0.2, 0.25) is 0 Å². The average molecular weight is 478 g/mol. The van der Waals surface area contributed by atoms with E-state index in [0.717, 1.165) is 0 Å². The first-order valence-electron chi connectivity index (χ1n) is 6.45. The third-order valence-electron chi connectivity index (χ3n) is 2.53. The molecule has 0 saturated heterocycles. The number of aromatic nitrogens is 1. The summed E-state index contributed by atoms with van der Waals surface area (Å²) in [5.41, 5.74) is 0.151. The maximum Gasteiger partial charge on any atom is 0.288 e. The minimum absolute atomic E-state index is 0.00521. The Morgan fingerprint density at radius 1 is 1.40 bits per heavy atom. The maximum absolute atomic E-state index is 11.4. The third-order valence-corrected chi connectivity index (χ3v) is 5.52. The predicted molar refractivity (Wildman–Crippen MR) is 91.3 cm³/mol. The van der Waals surface area contributed by atoms with Crippen molar-refractivity contribution in [2.24, 2.45) is 0 Å². The molecule has 1 heterocycles. The SMILES string of the molecule is CC(=O)Nc1ccccc1[As](=O)(O)OO.O=[N+]([O-])c1cncc(Br)c1. The topological polar surface area (TPSA) is 152 Å². The molecule has 25 heavy (non-hydrogen) atoms. The Morgan fingerprint density at radius 2 is 2.04 bits per heavy atom. The summed E-state index contributed by atoms with van der Waals surface area (Å²) in [4.78, 5) is 24.0. The number of hydrogen-bond donors (Lipinski definition) is 3. The molecule has 0 bridgehead atoms. The van der Waals surface area contributed by atoms with Gasteiger partial charge in [-0.05, 0) is 15.9 Å². The van der Waals surface area contributed by atoms with Gasteiger partial charge in [-0.1, -0.05) is 0 Å². The summed E-state index contributed by atoms with van der Waals surface area (Å²) < 4.78 is 24.7. The number of carbonyl (C=O) groups excluding carboxylic acids is 1. The first-order valence-corrected chi connectivity index (χ1v) is 10.6. The summed E-state index contributed by atoms with van der Waals surface area (Å²) >= 11 is -1.86. The predicted octanol–water partition coefficient (Wildman–Crippen LogP) is 1.46. The van der Waals surface area contributed by atoms with Crippen molar-refractivity contribution in [3.8, 4) is 0 Å². The van der Waals surface area contributed by atoms with Crippen LogP contribution in [0.3, 0.4) is 0 Å². The summed E-state index contributed by atoms with van der Waals surface area (Å²) in [6, 6.07) is 7.24. The number of nitrogens with zero attached hydrogens (tertiary/aromatic N) is 2. The normalized spacial score (nSPS) is 12.3. The van der Waals surface area contributed by atoms with Crippen molar-refractivity contribution >= 4 is 51.7 Å². The smallest absolute Gasteiger partial charge is 0.258 e. The van der Waals surface area contributed by atoms with Gasteiger partial charge in [0.1, 0.15) is 6.20 Å². The van der Waals surface area contributed by atoms with E-state index < -0.39 is 19.1 Å². The van der Waals surface area contributed by atoms with E-state index in [2.05, 4.69) is 30.1 Å². The zero-order chi connectivity index (χ0) is 19.0. The number of carbonyl (C=O) groups is 1. The number of halogens is 1. The molecule has 2 aromatic rings. The van der Waals surface area contributed by atoms with E-state index in [-0.39, 0.29) is 21.6 Å². The Hall–Kier alpha value is -2.04. The van der Waals surface area contributed by atoms with E-state index in [1.165, 1.54) is 43.6 Å². The van der Waals surface area contributed by atoms with E-state index in [4.69, 9.17) is 5.26 Å². The quantitative estimate of drug-likeness (QED) is 0.259. The van der Waals surface area contributed by atoms with Gasteiger partial charge in [0.2, 0.25) is 0 Å². The van der Waals surface area contributed by atoms with Crippen LogP contribution in [0.15, 0.2) is 47.2 Å². The Bertz CT molecular complexity index is 818. The molecule has 1 unspecified atom stereocenters. The van der Waals surface area contributed by atoms with Crippen LogP contribution in [-0.2, 0) is 12.4 Å². The van der Waals surface area contributed by atoms with Crippen molar-refractivity contribution in [3.63, 3.8) is 0 Å².